The van der Waals surface area contributed by atoms with Gasteiger partial charge in [0.25, 0.3) is 0 Å². The molecule has 140 valence electrons. The molecule has 0 spiro atoms. The van der Waals surface area contributed by atoms with Crippen molar-refractivity contribution in [3.63, 3.8) is 0 Å². The molecule has 0 radical (unpaired) electrons. The summed E-state index contributed by atoms with van der Waals surface area (Å²) >= 11 is 0. The highest BCUT2D eigenvalue weighted by atomic mass is 32.2. The molecule has 1 aromatic carbocycles. The van der Waals surface area contributed by atoms with Gasteiger partial charge in [-0.25, -0.2) is 8.42 Å². The topological polar surface area (TPSA) is 83.9 Å². The van der Waals surface area contributed by atoms with Gasteiger partial charge in [0.15, 0.2) is 0 Å². The van der Waals surface area contributed by atoms with E-state index < -0.39 is 16.0 Å². The molecule has 1 aromatic rings. The van der Waals surface area contributed by atoms with E-state index in [1.165, 1.54) is 4.31 Å². The van der Waals surface area contributed by atoms with E-state index in [0.29, 0.717) is 38.1 Å². The van der Waals surface area contributed by atoms with Crippen LogP contribution in [0.3, 0.4) is 0 Å². The molecule has 1 aliphatic heterocycles. The van der Waals surface area contributed by atoms with Crippen molar-refractivity contribution < 1.29 is 23.1 Å². The first-order valence-electron chi connectivity index (χ1n) is 8.81. The van der Waals surface area contributed by atoms with Crippen LogP contribution in [-0.2, 0) is 14.8 Å². The fourth-order valence-electron chi connectivity index (χ4n) is 2.94. The predicted octanol–water partition coefficient (Wildman–Crippen LogP) is 3.13. The van der Waals surface area contributed by atoms with E-state index in [1.54, 1.807) is 24.3 Å². The van der Waals surface area contributed by atoms with E-state index in [9.17, 15) is 13.2 Å². The minimum absolute atomic E-state index is 0.0305. The van der Waals surface area contributed by atoms with E-state index in [0.717, 1.165) is 6.42 Å². The van der Waals surface area contributed by atoms with Crippen molar-refractivity contribution in [1.82, 2.24) is 4.31 Å². The summed E-state index contributed by atoms with van der Waals surface area (Å²) in [5.74, 6) is 0.0440. The summed E-state index contributed by atoms with van der Waals surface area (Å²) in [6.45, 7) is 4.83. The summed E-state index contributed by atoms with van der Waals surface area (Å²) in [6.07, 6.45) is 3.04. The normalized spacial score (nSPS) is 18.0. The van der Waals surface area contributed by atoms with E-state index in [2.05, 4.69) is 0 Å². The van der Waals surface area contributed by atoms with Crippen molar-refractivity contribution in [2.75, 3.05) is 13.1 Å². The number of hydrogen-bond acceptors (Lipinski definition) is 4. The van der Waals surface area contributed by atoms with Crippen molar-refractivity contribution >= 4 is 16.0 Å². The Morgan fingerprint density at radius 3 is 2.64 bits per heavy atom. The molecule has 0 saturated carbocycles. The summed E-state index contributed by atoms with van der Waals surface area (Å²) in [5.41, 5.74) is 0. The van der Waals surface area contributed by atoms with Gasteiger partial charge in [0.1, 0.15) is 5.75 Å². The number of aliphatic carboxylic acids is 1. The van der Waals surface area contributed by atoms with Crippen LogP contribution in [0.25, 0.3) is 0 Å². The molecule has 1 heterocycles. The first kappa shape index (κ1) is 19.7. The number of carboxylic acid groups (broad SMARTS) is 1. The first-order valence-corrected chi connectivity index (χ1v) is 10.3. The Bertz CT molecular complexity index is 680. The molecule has 0 aliphatic carbocycles. The Labute approximate surface area is 149 Å². The third-order valence-corrected chi connectivity index (χ3v) is 6.59. The minimum atomic E-state index is -3.54. The van der Waals surface area contributed by atoms with E-state index >= 15 is 0 Å². The Morgan fingerprint density at radius 1 is 1.36 bits per heavy atom. The van der Waals surface area contributed by atoms with Gasteiger partial charge in [-0.3, -0.25) is 4.79 Å². The number of piperidine rings is 1. The fraction of sp³-hybridized carbons (Fsp3) is 0.611. The number of carbonyl (C=O) groups is 1. The minimum Gasteiger partial charge on any atom is -0.491 e. The van der Waals surface area contributed by atoms with Gasteiger partial charge >= 0.3 is 5.97 Å². The highest BCUT2D eigenvalue weighted by Gasteiger charge is 2.29. The molecule has 1 unspecified atom stereocenters. The summed E-state index contributed by atoms with van der Waals surface area (Å²) < 4.78 is 32.9. The lowest BCUT2D eigenvalue weighted by molar-refractivity contribution is -0.137. The second-order valence-electron chi connectivity index (χ2n) is 6.59. The lowest BCUT2D eigenvalue weighted by atomic mass is 9.93. The lowest BCUT2D eigenvalue weighted by Gasteiger charge is -2.31. The Morgan fingerprint density at radius 2 is 2.04 bits per heavy atom. The molecule has 1 saturated heterocycles. The van der Waals surface area contributed by atoms with Gasteiger partial charge in [-0.15, -0.1) is 0 Å². The van der Waals surface area contributed by atoms with E-state index in [1.807, 2.05) is 13.8 Å². The average Bonchev–Trinajstić information content (AvgIpc) is 2.60. The van der Waals surface area contributed by atoms with Crippen LogP contribution in [0.15, 0.2) is 29.2 Å². The van der Waals surface area contributed by atoms with E-state index in [4.69, 9.17) is 9.84 Å². The number of nitrogens with zero attached hydrogens (tertiary/aromatic N) is 1. The van der Waals surface area contributed by atoms with Gasteiger partial charge in [0.2, 0.25) is 10.0 Å². The molecule has 1 N–H and O–H groups in total. The smallest absolute Gasteiger partial charge is 0.303 e. The summed E-state index contributed by atoms with van der Waals surface area (Å²) in [7, 11) is -3.54. The zero-order chi connectivity index (χ0) is 18.4. The highest BCUT2D eigenvalue weighted by Crippen LogP contribution is 2.28. The lowest BCUT2D eigenvalue weighted by Crippen LogP contribution is -2.38. The Hall–Kier alpha value is -1.60. The predicted molar refractivity (Wildman–Crippen MR) is 95.2 cm³/mol. The largest absolute Gasteiger partial charge is 0.491 e. The fourth-order valence-corrected chi connectivity index (χ4v) is 4.44. The van der Waals surface area contributed by atoms with Crippen LogP contribution in [0.2, 0.25) is 0 Å². The van der Waals surface area contributed by atoms with Gasteiger partial charge < -0.3 is 9.84 Å². The third kappa shape index (κ3) is 5.44. The molecule has 7 heteroatoms. The summed E-state index contributed by atoms with van der Waals surface area (Å²) in [5, 5.41) is 8.76. The van der Waals surface area contributed by atoms with Gasteiger partial charge in [-0.2, -0.15) is 4.31 Å². The van der Waals surface area contributed by atoms with Crippen LogP contribution in [0.5, 0.6) is 5.75 Å². The maximum Gasteiger partial charge on any atom is 0.303 e. The second-order valence-corrected chi connectivity index (χ2v) is 8.53. The maximum atomic E-state index is 12.8. The number of sulfonamides is 1. The Kier molecular flexibility index (Phi) is 6.84. The first-order chi connectivity index (χ1) is 11.8. The third-order valence-electron chi connectivity index (χ3n) is 4.70. The molecule has 0 bridgehead atoms. The quantitative estimate of drug-likeness (QED) is 0.761. The van der Waals surface area contributed by atoms with Crippen LogP contribution in [-0.4, -0.2) is 43.0 Å². The molecule has 6 nitrogen and oxygen atoms in total. The number of ether oxygens (including phenoxy) is 1. The standard InChI is InChI=1S/C18H27NO5S/c1-3-14(2)24-16-5-4-6-17(13-16)25(22,23)19-11-9-15(10-12-19)7-8-18(20)21/h4-6,13-15H,3,7-12H2,1-2H3,(H,20,21). The molecule has 0 amide bonds. The number of hydrogen-bond donors (Lipinski definition) is 1. The van der Waals surface area contributed by atoms with Crippen molar-refractivity contribution in [2.45, 2.75) is 57.0 Å². The van der Waals surface area contributed by atoms with Crippen molar-refractivity contribution in [3.8, 4) is 5.75 Å². The molecule has 1 aliphatic rings. The summed E-state index contributed by atoms with van der Waals surface area (Å²) in [6, 6.07) is 6.64. The van der Waals surface area contributed by atoms with Crippen molar-refractivity contribution in [3.05, 3.63) is 24.3 Å². The monoisotopic (exact) mass is 369 g/mol. The molecule has 1 fully saturated rings. The van der Waals surface area contributed by atoms with Gasteiger partial charge in [-0.1, -0.05) is 13.0 Å². The van der Waals surface area contributed by atoms with Crippen LogP contribution < -0.4 is 4.74 Å². The van der Waals surface area contributed by atoms with Gasteiger partial charge in [0.05, 0.1) is 11.0 Å². The van der Waals surface area contributed by atoms with Crippen LogP contribution in [0, 0.1) is 5.92 Å². The van der Waals surface area contributed by atoms with Crippen molar-refractivity contribution in [1.29, 1.82) is 0 Å². The van der Waals surface area contributed by atoms with Crippen LogP contribution in [0.1, 0.15) is 46.0 Å². The number of carboxylic acids is 1. The second kappa shape index (κ2) is 8.67. The molecule has 0 aromatic heterocycles. The van der Waals surface area contributed by atoms with E-state index in [-0.39, 0.29) is 23.3 Å². The molecule has 2 rings (SSSR count). The highest BCUT2D eigenvalue weighted by molar-refractivity contribution is 7.89. The zero-order valence-electron chi connectivity index (χ0n) is 14.8. The number of rotatable bonds is 8. The average molecular weight is 369 g/mol. The molecular formula is C18H27NO5S. The maximum absolute atomic E-state index is 12.8. The van der Waals surface area contributed by atoms with Gasteiger partial charge in [0, 0.05) is 25.6 Å². The van der Waals surface area contributed by atoms with Crippen LogP contribution in [0.4, 0.5) is 0 Å². The van der Waals surface area contributed by atoms with Crippen molar-refractivity contribution in [2.24, 2.45) is 5.92 Å². The molecule has 25 heavy (non-hydrogen) atoms. The Balaban J connectivity index is 2.02. The SMILES string of the molecule is CCC(C)Oc1cccc(S(=O)(=O)N2CCC(CCC(=O)O)CC2)c1. The zero-order valence-corrected chi connectivity index (χ0v) is 15.7. The van der Waals surface area contributed by atoms with Crippen LogP contribution >= 0.6 is 0 Å². The summed E-state index contributed by atoms with van der Waals surface area (Å²) in [4.78, 5) is 10.9. The molecular weight excluding hydrogens is 342 g/mol. The number of benzene rings is 1. The molecule has 1 atom stereocenters. The van der Waals surface area contributed by atoms with Gasteiger partial charge in [-0.05, 0) is 50.7 Å².